The van der Waals surface area contributed by atoms with E-state index in [1.54, 1.807) is 30.3 Å². The van der Waals surface area contributed by atoms with E-state index < -0.39 is 5.91 Å². The second-order valence-electron chi connectivity index (χ2n) is 4.30. The average molecular weight is 297 g/mol. The van der Waals surface area contributed by atoms with Crippen molar-refractivity contribution in [3.8, 4) is 23.3 Å². The number of amides is 1. The van der Waals surface area contributed by atoms with Gasteiger partial charge in [-0.1, -0.05) is 6.07 Å². The highest BCUT2D eigenvalue weighted by Crippen LogP contribution is 2.23. The number of anilines is 1. The molecule has 22 heavy (non-hydrogen) atoms. The number of benzene rings is 1. The van der Waals surface area contributed by atoms with Gasteiger partial charge in [0.1, 0.15) is 12.0 Å². The lowest BCUT2D eigenvalue weighted by Crippen LogP contribution is -2.11. The zero-order valence-electron chi connectivity index (χ0n) is 11.3. The van der Waals surface area contributed by atoms with E-state index in [1.807, 2.05) is 0 Å². The van der Waals surface area contributed by atoms with Gasteiger partial charge in [0.2, 0.25) is 11.7 Å². The van der Waals surface area contributed by atoms with Crippen molar-refractivity contribution in [1.29, 1.82) is 0 Å². The van der Waals surface area contributed by atoms with Gasteiger partial charge in [0, 0.05) is 24.0 Å². The van der Waals surface area contributed by atoms with Gasteiger partial charge in [0.25, 0.3) is 11.8 Å². The molecule has 0 aliphatic rings. The third-order valence-electron chi connectivity index (χ3n) is 2.66. The highest BCUT2D eigenvalue weighted by molar-refractivity contribution is 5.90. The van der Waals surface area contributed by atoms with Crippen LogP contribution in [-0.4, -0.2) is 20.9 Å². The fourth-order valence-corrected chi connectivity index (χ4v) is 1.69. The highest BCUT2D eigenvalue weighted by Gasteiger charge is 2.13. The first-order chi connectivity index (χ1) is 10.6. The molecule has 110 valence electrons. The van der Waals surface area contributed by atoms with Crippen LogP contribution >= 0.6 is 0 Å². The van der Waals surface area contributed by atoms with Crippen LogP contribution in [0.2, 0.25) is 0 Å². The van der Waals surface area contributed by atoms with E-state index in [-0.39, 0.29) is 23.3 Å². The predicted octanol–water partition coefficient (Wildman–Crippen LogP) is 1.61. The van der Waals surface area contributed by atoms with Gasteiger partial charge in [-0.25, -0.2) is 9.97 Å². The first kappa shape index (κ1) is 13.6. The molecule has 3 rings (SSSR count). The van der Waals surface area contributed by atoms with Crippen molar-refractivity contribution in [2.45, 2.75) is 0 Å². The summed E-state index contributed by atoms with van der Waals surface area (Å²) < 4.78 is 10.7. The number of rotatable bonds is 4. The molecule has 1 aromatic carbocycles. The Labute approximate surface area is 124 Å². The summed E-state index contributed by atoms with van der Waals surface area (Å²) in [5.74, 6) is 0.382. The average Bonchev–Trinajstić information content (AvgIpc) is 2.97. The van der Waals surface area contributed by atoms with E-state index in [9.17, 15) is 4.79 Å². The molecular formula is C14H11N5O3. The van der Waals surface area contributed by atoms with Crippen LogP contribution in [-0.2, 0) is 0 Å². The van der Waals surface area contributed by atoms with E-state index in [4.69, 9.17) is 20.6 Å². The molecule has 0 saturated carbocycles. The summed E-state index contributed by atoms with van der Waals surface area (Å²) in [6.07, 6.45) is 2.63. The lowest BCUT2D eigenvalue weighted by atomic mass is 10.3. The smallest absolute Gasteiger partial charge is 0.270 e. The standard InChI is InChI=1S/C14H11N5O3/c15-8-2-1-3-9(6-8)22-11-4-5-17-13(19-11)14-18-10(7-21-14)12(16)20/h1-7H,15H2,(H2,16,20). The van der Waals surface area contributed by atoms with Gasteiger partial charge in [-0.3, -0.25) is 4.79 Å². The van der Waals surface area contributed by atoms with Crippen LogP contribution in [0.1, 0.15) is 10.5 Å². The summed E-state index contributed by atoms with van der Waals surface area (Å²) in [5, 5.41) is 0. The summed E-state index contributed by atoms with van der Waals surface area (Å²) >= 11 is 0. The minimum atomic E-state index is -0.692. The largest absolute Gasteiger partial charge is 0.441 e. The number of nitrogens with two attached hydrogens (primary N) is 2. The minimum Gasteiger partial charge on any atom is -0.441 e. The van der Waals surface area contributed by atoms with Crippen molar-refractivity contribution in [3.63, 3.8) is 0 Å². The van der Waals surface area contributed by atoms with Crippen molar-refractivity contribution in [1.82, 2.24) is 15.0 Å². The zero-order chi connectivity index (χ0) is 15.5. The zero-order valence-corrected chi connectivity index (χ0v) is 11.3. The Morgan fingerprint density at radius 2 is 2.09 bits per heavy atom. The number of oxazole rings is 1. The molecule has 0 bridgehead atoms. The summed E-state index contributed by atoms with van der Waals surface area (Å²) in [6, 6.07) is 8.49. The Morgan fingerprint density at radius 1 is 1.23 bits per heavy atom. The summed E-state index contributed by atoms with van der Waals surface area (Å²) in [5.41, 5.74) is 11.4. The Balaban J connectivity index is 1.87. The highest BCUT2D eigenvalue weighted by atomic mass is 16.5. The lowest BCUT2D eigenvalue weighted by Gasteiger charge is -2.05. The molecule has 0 unspecified atom stereocenters. The Kier molecular flexibility index (Phi) is 3.40. The monoisotopic (exact) mass is 297 g/mol. The molecule has 0 fully saturated rings. The molecule has 1 amide bonds. The maximum absolute atomic E-state index is 11.0. The number of nitrogens with zero attached hydrogens (tertiary/aromatic N) is 3. The maximum atomic E-state index is 11.0. The summed E-state index contributed by atoms with van der Waals surface area (Å²) in [6.45, 7) is 0. The second kappa shape index (κ2) is 5.52. The number of carbonyl (C=O) groups excluding carboxylic acids is 1. The van der Waals surface area contributed by atoms with Crippen LogP contribution in [0.3, 0.4) is 0 Å². The topological polar surface area (TPSA) is 130 Å². The number of aromatic nitrogens is 3. The van der Waals surface area contributed by atoms with Crippen LogP contribution in [0.25, 0.3) is 11.7 Å². The number of carbonyl (C=O) groups is 1. The first-order valence-corrected chi connectivity index (χ1v) is 6.24. The molecular weight excluding hydrogens is 286 g/mol. The number of nitrogen functional groups attached to an aromatic ring is 1. The van der Waals surface area contributed by atoms with Gasteiger partial charge in [0.15, 0.2) is 5.69 Å². The van der Waals surface area contributed by atoms with E-state index in [1.165, 1.54) is 6.20 Å². The molecule has 4 N–H and O–H groups in total. The minimum absolute atomic E-state index is 0.000698. The normalized spacial score (nSPS) is 10.4. The first-order valence-electron chi connectivity index (χ1n) is 6.24. The molecule has 0 saturated heterocycles. The van der Waals surface area contributed by atoms with Crippen LogP contribution in [0, 0.1) is 0 Å². The Morgan fingerprint density at radius 3 is 2.82 bits per heavy atom. The fourth-order valence-electron chi connectivity index (χ4n) is 1.69. The second-order valence-corrected chi connectivity index (χ2v) is 4.30. The third kappa shape index (κ3) is 2.85. The van der Waals surface area contributed by atoms with Crippen LogP contribution in [0.5, 0.6) is 11.6 Å². The van der Waals surface area contributed by atoms with Gasteiger partial charge in [-0.15, -0.1) is 0 Å². The maximum Gasteiger partial charge on any atom is 0.270 e. The Hall–Kier alpha value is -3.42. The fraction of sp³-hybridized carbons (Fsp3) is 0. The van der Waals surface area contributed by atoms with E-state index in [2.05, 4.69) is 15.0 Å². The number of hydrogen-bond acceptors (Lipinski definition) is 7. The van der Waals surface area contributed by atoms with E-state index in [0.717, 1.165) is 6.26 Å². The number of primary amides is 1. The van der Waals surface area contributed by atoms with Crippen molar-refractivity contribution < 1.29 is 13.9 Å². The van der Waals surface area contributed by atoms with Gasteiger partial charge in [-0.05, 0) is 12.1 Å². The van der Waals surface area contributed by atoms with E-state index in [0.29, 0.717) is 11.4 Å². The predicted molar refractivity (Wildman–Crippen MR) is 77.0 cm³/mol. The molecule has 0 aliphatic carbocycles. The van der Waals surface area contributed by atoms with Gasteiger partial charge in [-0.2, -0.15) is 4.98 Å². The molecule has 0 aliphatic heterocycles. The molecule has 2 aromatic heterocycles. The molecule has 0 radical (unpaired) electrons. The SMILES string of the molecule is NC(=O)c1coc(-c2nccc(Oc3cccc(N)c3)n2)n1. The molecule has 0 spiro atoms. The van der Waals surface area contributed by atoms with Crippen molar-refractivity contribution in [2.75, 3.05) is 5.73 Å². The van der Waals surface area contributed by atoms with Crippen LogP contribution in [0.15, 0.2) is 47.2 Å². The Bertz CT molecular complexity index is 831. The van der Waals surface area contributed by atoms with Crippen LogP contribution < -0.4 is 16.2 Å². The lowest BCUT2D eigenvalue weighted by molar-refractivity contribution is 0.0995. The molecule has 8 heteroatoms. The summed E-state index contributed by atoms with van der Waals surface area (Å²) in [4.78, 5) is 23.1. The van der Waals surface area contributed by atoms with Crippen molar-refractivity contribution in [2.24, 2.45) is 5.73 Å². The number of ether oxygens (including phenoxy) is 1. The van der Waals surface area contributed by atoms with Crippen LogP contribution in [0.4, 0.5) is 5.69 Å². The third-order valence-corrected chi connectivity index (χ3v) is 2.66. The molecule has 8 nitrogen and oxygen atoms in total. The molecule has 0 atom stereocenters. The van der Waals surface area contributed by atoms with Gasteiger partial charge >= 0.3 is 0 Å². The van der Waals surface area contributed by atoms with Crippen molar-refractivity contribution in [3.05, 3.63) is 48.5 Å². The molecule has 3 aromatic rings. The van der Waals surface area contributed by atoms with Gasteiger partial charge in [0.05, 0.1) is 0 Å². The quantitative estimate of drug-likeness (QED) is 0.699. The molecule has 2 heterocycles. The van der Waals surface area contributed by atoms with Gasteiger partial charge < -0.3 is 20.6 Å². The van der Waals surface area contributed by atoms with Crippen molar-refractivity contribution >= 4 is 11.6 Å². The number of hydrogen-bond donors (Lipinski definition) is 2. The summed E-state index contributed by atoms with van der Waals surface area (Å²) in [7, 11) is 0. The van der Waals surface area contributed by atoms with E-state index >= 15 is 0 Å².